The Morgan fingerprint density at radius 3 is 2.23 bits per heavy atom. The second-order valence-corrected chi connectivity index (χ2v) is 9.60. The second kappa shape index (κ2) is 9.03. The Hall–Kier alpha value is -2.98. The largest absolute Gasteiger partial charge is 0.465 e. The summed E-state index contributed by atoms with van der Waals surface area (Å²) in [6.07, 6.45) is -0.234. The number of carbonyl (C=O) groups is 3. The summed E-state index contributed by atoms with van der Waals surface area (Å²) in [6, 6.07) is 2.95. The van der Waals surface area contributed by atoms with Crippen molar-refractivity contribution >= 4 is 33.4 Å². The maximum absolute atomic E-state index is 12.8. The number of anilines is 1. The number of rotatable bonds is 7. The van der Waals surface area contributed by atoms with Gasteiger partial charge >= 0.3 is 5.97 Å². The van der Waals surface area contributed by atoms with Gasteiger partial charge in [-0.05, 0) is 49.6 Å². The summed E-state index contributed by atoms with van der Waals surface area (Å²) in [7, 11) is 0.384. The third kappa shape index (κ3) is 4.86. The van der Waals surface area contributed by atoms with Crippen LogP contribution in [0.2, 0.25) is 0 Å². The number of carbonyl (C=O) groups excluding carboxylic acids is 3. The minimum absolute atomic E-state index is 0.0562. The summed E-state index contributed by atoms with van der Waals surface area (Å²) in [5, 5.41) is 2.71. The van der Waals surface area contributed by atoms with Crippen LogP contribution in [0.15, 0.2) is 17.0 Å². The lowest BCUT2D eigenvalue weighted by Gasteiger charge is -2.16. The van der Waals surface area contributed by atoms with Crippen molar-refractivity contribution in [1.82, 2.24) is 9.29 Å². The Kier molecular flexibility index (Phi) is 7.07. The average Bonchev–Trinajstić information content (AvgIpc) is 3.00. The molecule has 0 saturated heterocycles. The van der Waals surface area contributed by atoms with Crippen LogP contribution in [-0.4, -0.2) is 56.6 Å². The van der Waals surface area contributed by atoms with E-state index in [2.05, 4.69) is 10.3 Å². The molecule has 0 fully saturated rings. The van der Waals surface area contributed by atoms with E-state index < -0.39 is 21.9 Å². The van der Waals surface area contributed by atoms with E-state index in [9.17, 15) is 22.8 Å². The van der Waals surface area contributed by atoms with Crippen LogP contribution in [0.4, 0.5) is 5.69 Å². The number of hydrogen-bond donors (Lipinski definition) is 2. The summed E-state index contributed by atoms with van der Waals surface area (Å²) in [5.41, 5.74) is 2.79. The maximum Gasteiger partial charge on any atom is 0.339 e. The van der Waals surface area contributed by atoms with Crippen LogP contribution in [0.3, 0.4) is 0 Å². The quantitative estimate of drug-likeness (QED) is 0.494. The number of hydrogen-bond acceptors (Lipinski definition) is 6. The zero-order valence-electron chi connectivity index (χ0n) is 18.7. The molecule has 0 radical (unpaired) electrons. The van der Waals surface area contributed by atoms with E-state index in [1.807, 2.05) is 0 Å². The predicted molar refractivity (Wildman–Crippen MR) is 116 cm³/mol. The number of esters is 1. The third-order valence-corrected chi connectivity index (χ3v) is 6.89. The molecule has 0 unspecified atom stereocenters. The number of H-pyrrole nitrogens is 1. The highest BCUT2D eigenvalue weighted by Gasteiger charge is 2.25. The molecule has 1 amide bonds. The SMILES string of the molecule is COC(=O)c1c(CC(=O)Nc2cc(S(=O)(=O)N(C)C)cc(C)c2C)[nH]c(C(C)=O)c1C. The summed E-state index contributed by atoms with van der Waals surface area (Å²) in [6.45, 7) is 6.47. The van der Waals surface area contributed by atoms with Crippen LogP contribution in [0, 0.1) is 20.8 Å². The second-order valence-electron chi connectivity index (χ2n) is 7.45. The number of methoxy groups -OCH3 is 1. The van der Waals surface area contributed by atoms with Crippen molar-refractivity contribution in [3.05, 3.63) is 45.8 Å². The van der Waals surface area contributed by atoms with Crippen molar-refractivity contribution in [1.29, 1.82) is 0 Å². The summed E-state index contributed by atoms with van der Waals surface area (Å²) < 4.78 is 30.9. The summed E-state index contributed by atoms with van der Waals surface area (Å²) >= 11 is 0. The van der Waals surface area contributed by atoms with Gasteiger partial charge in [0, 0.05) is 32.4 Å². The molecular formula is C21H27N3O6S. The number of sulfonamides is 1. The third-order valence-electron chi connectivity index (χ3n) is 5.10. The molecule has 1 aromatic carbocycles. The van der Waals surface area contributed by atoms with Crippen LogP contribution < -0.4 is 5.32 Å². The number of ketones is 1. The highest BCUT2D eigenvalue weighted by Crippen LogP contribution is 2.26. The molecule has 31 heavy (non-hydrogen) atoms. The zero-order valence-corrected chi connectivity index (χ0v) is 19.5. The van der Waals surface area contributed by atoms with Gasteiger partial charge in [-0.25, -0.2) is 17.5 Å². The molecule has 0 saturated carbocycles. The van der Waals surface area contributed by atoms with Crippen LogP contribution in [-0.2, 0) is 26.0 Å². The van der Waals surface area contributed by atoms with Gasteiger partial charge in [0.25, 0.3) is 0 Å². The number of aryl methyl sites for hydroxylation is 1. The van der Waals surface area contributed by atoms with Gasteiger partial charge < -0.3 is 15.0 Å². The summed E-state index contributed by atoms with van der Waals surface area (Å²) in [5.74, 6) is -1.42. The van der Waals surface area contributed by atoms with Crippen molar-refractivity contribution in [2.75, 3.05) is 26.5 Å². The minimum atomic E-state index is -3.69. The fourth-order valence-electron chi connectivity index (χ4n) is 3.19. The maximum atomic E-state index is 12.8. The van der Waals surface area contributed by atoms with Crippen LogP contribution in [0.25, 0.3) is 0 Å². The molecule has 1 aromatic heterocycles. The Morgan fingerprint density at radius 1 is 1.10 bits per heavy atom. The van der Waals surface area contributed by atoms with Crippen LogP contribution in [0.5, 0.6) is 0 Å². The van der Waals surface area contributed by atoms with E-state index >= 15 is 0 Å². The molecule has 0 aliphatic heterocycles. The Balaban J connectivity index is 2.42. The van der Waals surface area contributed by atoms with Gasteiger partial charge in [0.15, 0.2) is 5.78 Å². The van der Waals surface area contributed by atoms with Crippen molar-refractivity contribution in [2.45, 2.75) is 39.0 Å². The van der Waals surface area contributed by atoms with Crippen LogP contribution in [0.1, 0.15) is 50.2 Å². The van der Waals surface area contributed by atoms with Gasteiger partial charge in [-0.3, -0.25) is 9.59 Å². The van der Waals surface area contributed by atoms with E-state index in [1.54, 1.807) is 26.8 Å². The van der Waals surface area contributed by atoms with E-state index in [-0.39, 0.29) is 34.1 Å². The first-order chi connectivity index (χ1) is 14.3. The first-order valence-corrected chi connectivity index (χ1v) is 10.9. The Bertz CT molecular complexity index is 1160. The summed E-state index contributed by atoms with van der Waals surface area (Å²) in [4.78, 5) is 39.7. The molecule has 2 N–H and O–H groups in total. The fourth-order valence-corrected chi connectivity index (χ4v) is 4.21. The van der Waals surface area contributed by atoms with E-state index in [1.165, 1.54) is 34.2 Å². The lowest BCUT2D eigenvalue weighted by Crippen LogP contribution is -2.23. The highest BCUT2D eigenvalue weighted by atomic mass is 32.2. The molecule has 10 heteroatoms. The van der Waals surface area contributed by atoms with Crippen molar-refractivity contribution in [3.8, 4) is 0 Å². The molecule has 9 nitrogen and oxygen atoms in total. The smallest absolute Gasteiger partial charge is 0.339 e. The van der Waals surface area contributed by atoms with Gasteiger partial charge in [-0.2, -0.15) is 0 Å². The number of aromatic nitrogens is 1. The zero-order chi connectivity index (χ0) is 23.7. The highest BCUT2D eigenvalue weighted by molar-refractivity contribution is 7.89. The van der Waals surface area contributed by atoms with Gasteiger partial charge in [-0.1, -0.05) is 0 Å². The number of Topliss-reactive ketones (excluding diaryl/α,β-unsaturated/α-hetero) is 1. The van der Waals surface area contributed by atoms with Gasteiger partial charge in [0.2, 0.25) is 15.9 Å². The minimum Gasteiger partial charge on any atom is -0.465 e. The molecule has 0 atom stereocenters. The van der Waals surface area contributed by atoms with Crippen molar-refractivity contribution in [2.24, 2.45) is 0 Å². The molecule has 2 rings (SSSR count). The molecule has 0 bridgehead atoms. The average molecular weight is 450 g/mol. The Labute approximate surface area is 181 Å². The molecule has 0 aliphatic rings. The lowest BCUT2D eigenvalue weighted by atomic mass is 10.1. The van der Waals surface area contributed by atoms with Gasteiger partial charge in [0.1, 0.15) is 0 Å². The van der Waals surface area contributed by atoms with Crippen LogP contribution >= 0.6 is 0 Å². The van der Waals surface area contributed by atoms with E-state index in [4.69, 9.17) is 4.74 Å². The fraction of sp³-hybridized carbons (Fsp3) is 0.381. The molecule has 0 spiro atoms. The molecule has 168 valence electrons. The molecule has 1 heterocycles. The predicted octanol–water partition coefficient (Wildman–Crippen LogP) is 2.36. The topological polar surface area (TPSA) is 126 Å². The normalized spacial score (nSPS) is 11.5. The van der Waals surface area contributed by atoms with E-state index in [0.717, 1.165) is 4.31 Å². The van der Waals surface area contributed by atoms with Gasteiger partial charge in [-0.15, -0.1) is 0 Å². The number of amides is 1. The standard InChI is InChI=1S/C21H27N3O6S/c1-11-8-15(31(28,29)24(5)6)9-16(12(11)2)22-18(26)10-17-19(21(27)30-7)13(3)20(23-17)14(4)25/h8-9,23H,10H2,1-7H3,(H,22,26). The molecule has 0 aliphatic carbocycles. The Morgan fingerprint density at radius 2 is 1.71 bits per heavy atom. The number of aromatic amines is 1. The molecule has 2 aromatic rings. The number of ether oxygens (including phenoxy) is 1. The number of nitrogens with one attached hydrogen (secondary N) is 2. The van der Waals surface area contributed by atoms with Gasteiger partial charge in [0.05, 0.1) is 29.7 Å². The number of benzene rings is 1. The first-order valence-electron chi connectivity index (χ1n) is 9.45. The monoisotopic (exact) mass is 449 g/mol. The van der Waals surface area contributed by atoms with Crippen molar-refractivity contribution in [3.63, 3.8) is 0 Å². The lowest BCUT2D eigenvalue weighted by molar-refractivity contribution is -0.115. The van der Waals surface area contributed by atoms with Crippen molar-refractivity contribution < 1.29 is 27.5 Å². The molecular weight excluding hydrogens is 422 g/mol. The number of nitrogens with zero attached hydrogens (tertiary/aromatic N) is 1. The van der Waals surface area contributed by atoms with E-state index in [0.29, 0.717) is 22.4 Å². The first kappa shape index (κ1) is 24.3.